The number of hydrazine groups is 1. The Morgan fingerprint density at radius 1 is 0.920 bits per heavy atom. The van der Waals surface area contributed by atoms with Gasteiger partial charge in [-0.15, -0.1) is 0 Å². The van der Waals surface area contributed by atoms with Crippen LogP contribution in [0.3, 0.4) is 0 Å². The van der Waals surface area contributed by atoms with E-state index in [2.05, 4.69) is 6.92 Å². The number of rotatable bonds is 11. The van der Waals surface area contributed by atoms with Gasteiger partial charge in [0.1, 0.15) is 0 Å². The lowest BCUT2D eigenvalue weighted by atomic mass is 10.1. The Balaban J connectivity index is 1.68. The number of hydrogen-bond donors (Lipinski definition) is 0. The molecule has 1 aliphatic heterocycles. The molecule has 0 radical (unpaired) electrons. The first-order chi connectivity index (χ1) is 12.2. The summed E-state index contributed by atoms with van der Waals surface area (Å²) in [7, 11) is 0. The number of carbonyl (C=O) groups is 2. The summed E-state index contributed by atoms with van der Waals surface area (Å²) in [4.78, 5) is 24.6. The first kappa shape index (κ1) is 19.5. The van der Waals surface area contributed by atoms with Crippen LogP contribution in [-0.2, 0) is 9.59 Å². The average Bonchev–Trinajstić information content (AvgIpc) is 3.02. The van der Waals surface area contributed by atoms with Gasteiger partial charge in [0.25, 0.3) is 0 Å². The highest BCUT2D eigenvalue weighted by atomic mass is 16.2. The van der Waals surface area contributed by atoms with Crippen LogP contribution in [0.2, 0.25) is 0 Å². The van der Waals surface area contributed by atoms with E-state index >= 15 is 0 Å². The molecule has 2 amide bonds. The van der Waals surface area contributed by atoms with E-state index in [0.717, 1.165) is 18.5 Å². The van der Waals surface area contributed by atoms with Gasteiger partial charge in [-0.25, -0.2) is 0 Å². The Bertz CT molecular complexity index is 530. The minimum Gasteiger partial charge on any atom is -0.275 e. The predicted molar refractivity (Wildman–Crippen MR) is 102 cm³/mol. The van der Waals surface area contributed by atoms with Gasteiger partial charge in [0.2, 0.25) is 11.8 Å². The zero-order chi connectivity index (χ0) is 17.9. The zero-order valence-corrected chi connectivity index (χ0v) is 15.6. The van der Waals surface area contributed by atoms with E-state index in [1.165, 1.54) is 50.0 Å². The lowest BCUT2D eigenvalue weighted by Crippen LogP contribution is -2.43. The zero-order valence-electron chi connectivity index (χ0n) is 15.6. The van der Waals surface area contributed by atoms with Crippen molar-refractivity contribution >= 4 is 17.5 Å². The van der Waals surface area contributed by atoms with Crippen molar-refractivity contribution in [1.29, 1.82) is 0 Å². The minimum absolute atomic E-state index is 0.0608. The molecule has 0 saturated carbocycles. The van der Waals surface area contributed by atoms with Crippen LogP contribution < -0.4 is 5.01 Å². The van der Waals surface area contributed by atoms with Gasteiger partial charge in [-0.1, -0.05) is 76.5 Å². The van der Waals surface area contributed by atoms with E-state index < -0.39 is 0 Å². The summed E-state index contributed by atoms with van der Waals surface area (Å²) >= 11 is 0. The fourth-order valence-corrected chi connectivity index (χ4v) is 3.35. The van der Waals surface area contributed by atoms with Crippen LogP contribution in [0.1, 0.15) is 77.6 Å². The molecule has 1 aromatic rings. The molecule has 0 unspecified atom stereocenters. The summed E-state index contributed by atoms with van der Waals surface area (Å²) < 4.78 is 0. The molecule has 138 valence electrons. The minimum atomic E-state index is -0.0789. The topological polar surface area (TPSA) is 40.6 Å². The van der Waals surface area contributed by atoms with E-state index in [4.69, 9.17) is 0 Å². The van der Waals surface area contributed by atoms with Gasteiger partial charge >= 0.3 is 0 Å². The molecule has 0 spiro atoms. The Hall–Kier alpha value is -1.84. The largest absolute Gasteiger partial charge is 0.275 e. The van der Waals surface area contributed by atoms with Crippen molar-refractivity contribution < 1.29 is 9.59 Å². The van der Waals surface area contributed by atoms with Gasteiger partial charge in [-0.05, 0) is 18.6 Å². The highest BCUT2D eigenvalue weighted by Gasteiger charge is 2.33. The van der Waals surface area contributed by atoms with E-state index in [-0.39, 0.29) is 11.8 Å². The predicted octanol–water partition coefficient (Wildman–Crippen LogP) is 5.09. The Morgan fingerprint density at radius 2 is 1.52 bits per heavy atom. The molecule has 2 rings (SSSR count). The number of benzene rings is 1. The summed E-state index contributed by atoms with van der Waals surface area (Å²) in [5, 5.41) is 3.18. The molecule has 0 aliphatic carbocycles. The second-order valence-electron chi connectivity index (χ2n) is 6.89. The molecule has 0 bridgehead atoms. The molecule has 0 N–H and O–H groups in total. The molecule has 1 aliphatic rings. The number of nitrogens with zero attached hydrogens (tertiary/aromatic N) is 2. The Labute approximate surface area is 152 Å². The maximum absolute atomic E-state index is 12.5. The molecule has 25 heavy (non-hydrogen) atoms. The number of carbonyl (C=O) groups excluding carboxylic acids is 2. The van der Waals surface area contributed by atoms with Gasteiger partial charge < -0.3 is 0 Å². The summed E-state index contributed by atoms with van der Waals surface area (Å²) in [6.07, 6.45) is 11.9. The van der Waals surface area contributed by atoms with Crippen LogP contribution in [0.4, 0.5) is 5.69 Å². The maximum atomic E-state index is 12.5. The van der Waals surface area contributed by atoms with Crippen LogP contribution in [0.15, 0.2) is 30.3 Å². The van der Waals surface area contributed by atoms with Crippen LogP contribution in [0.5, 0.6) is 0 Å². The van der Waals surface area contributed by atoms with Crippen molar-refractivity contribution in [2.45, 2.75) is 77.6 Å². The van der Waals surface area contributed by atoms with E-state index in [9.17, 15) is 9.59 Å². The van der Waals surface area contributed by atoms with Crippen LogP contribution in [0.25, 0.3) is 0 Å². The number of unbranched alkanes of at least 4 members (excludes halogenated alkanes) is 8. The molecular weight excluding hydrogens is 312 g/mol. The Morgan fingerprint density at radius 3 is 2.16 bits per heavy atom. The van der Waals surface area contributed by atoms with Crippen molar-refractivity contribution in [3.63, 3.8) is 0 Å². The van der Waals surface area contributed by atoms with Crippen LogP contribution in [0, 0.1) is 0 Å². The number of para-hydroxylation sites is 1. The number of imide groups is 1. The molecule has 1 fully saturated rings. The first-order valence-electron chi connectivity index (χ1n) is 9.92. The molecule has 0 aromatic heterocycles. The van der Waals surface area contributed by atoms with E-state index in [1.54, 1.807) is 0 Å². The SMILES string of the molecule is CCCCCCCCCCCC(=O)N1C(=O)CCN1c1ccccc1. The monoisotopic (exact) mass is 344 g/mol. The summed E-state index contributed by atoms with van der Waals surface area (Å²) in [6.45, 7) is 2.83. The number of anilines is 1. The standard InChI is InChI=1S/C21H32N2O2/c1-2-3-4-5-6-7-8-9-13-16-20(24)23-21(25)17-18-22(23)19-14-11-10-12-15-19/h10-12,14-15H,2-9,13,16-18H2,1H3. The normalized spacial score (nSPS) is 14.4. The van der Waals surface area contributed by atoms with Gasteiger partial charge in [-0.2, -0.15) is 5.01 Å². The summed E-state index contributed by atoms with van der Waals surface area (Å²) in [6, 6.07) is 9.69. The summed E-state index contributed by atoms with van der Waals surface area (Å²) in [5.74, 6) is -0.140. The second kappa shape index (κ2) is 10.9. The Kier molecular flexibility index (Phi) is 8.50. The van der Waals surface area contributed by atoms with Crippen molar-refractivity contribution in [2.75, 3.05) is 11.6 Å². The van der Waals surface area contributed by atoms with Gasteiger partial charge in [0, 0.05) is 19.4 Å². The highest BCUT2D eigenvalue weighted by molar-refractivity contribution is 5.99. The van der Waals surface area contributed by atoms with Crippen molar-refractivity contribution in [3.8, 4) is 0 Å². The first-order valence-corrected chi connectivity index (χ1v) is 9.92. The van der Waals surface area contributed by atoms with E-state index in [0.29, 0.717) is 19.4 Å². The lowest BCUT2D eigenvalue weighted by molar-refractivity contribution is -0.142. The molecular formula is C21H32N2O2. The number of amides is 2. The van der Waals surface area contributed by atoms with Gasteiger partial charge in [0.05, 0.1) is 5.69 Å². The third kappa shape index (κ3) is 6.18. The molecule has 4 heteroatoms. The third-order valence-electron chi connectivity index (χ3n) is 4.80. The molecule has 4 nitrogen and oxygen atoms in total. The third-order valence-corrected chi connectivity index (χ3v) is 4.80. The van der Waals surface area contributed by atoms with E-state index in [1.807, 2.05) is 35.3 Å². The van der Waals surface area contributed by atoms with Crippen molar-refractivity contribution in [3.05, 3.63) is 30.3 Å². The number of hydrogen-bond acceptors (Lipinski definition) is 3. The summed E-state index contributed by atoms with van der Waals surface area (Å²) in [5.41, 5.74) is 0.911. The molecule has 1 heterocycles. The smallest absolute Gasteiger partial charge is 0.250 e. The van der Waals surface area contributed by atoms with Gasteiger partial charge in [-0.3, -0.25) is 14.6 Å². The van der Waals surface area contributed by atoms with Gasteiger partial charge in [0.15, 0.2) is 0 Å². The van der Waals surface area contributed by atoms with Crippen LogP contribution in [-0.4, -0.2) is 23.4 Å². The second-order valence-corrected chi connectivity index (χ2v) is 6.89. The molecule has 0 atom stereocenters. The van der Waals surface area contributed by atoms with Crippen molar-refractivity contribution in [1.82, 2.24) is 5.01 Å². The van der Waals surface area contributed by atoms with Crippen LogP contribution >= 0.6 is 0 Å². The fraction of sp³-hybridized carbons (Fsp3) is 0.619. The average molecular weight is 344 g/mol. The molecule has 1 saturated heterocycles. The molecule has 1 aromatic carbocycles. The highest BCUT2D eigenvalue weighted by Crippen LogP contribution is 2.23. The fourth-order valence-electron chi connectivity index (χ4n) is 3.35. The maximum Gasteiger partial charge on any atom is 0.250 e. The van der Waals surface area contributed by atoms with Crippen molar-refractivity contribution in [2.24, 2.45) is 0 Å². The quantitative estimate of drug-likeness (QED) is 0.525. The lowest BCUT2D eigenvalue weighted by Gasteiger charge is -2.28.